The van der Waals surface area contributed by atoms with E-state index in [0.717, 1.165) is 11.4 Å². The van der Waals surface area contributed by atoms with Gasteiger partial charge in [0.25, 0.3) is 0 Å². The predicted octanol–water partition coefficient (Wildman–Crippen LogP) is 3.88. The lowest BCUT2D eigenvalue weighted by Gasteiger charge is -2.08. The van der Waals surface area contributed by atoms with E-state index >= 15 is 0 Å². The first-order valence-electron chi connectivity index (χ1n) is 7.77. The normalized spacial score (nSPS) is 10.9. The van der Waals surface area contributed by atoms with E-state index in [1.54, 1.807) is 24.3 Å². The topological polar surface area (TPSA) is 61.2 Å². The monoisotopic (exact) mass is 356 g/mol. The molecule has 2 aromatic heterocycles. The second-order valence-electron chi connectivity index (χ2n) is 5.85. The molecule has 3 rings (SSSR count). The number of carbonyl (C=O) groups excluding carboxylic acids is 2. The number of carbonyl (C=O) groups is 2. The predicted molar refractivity (Wildman–Crippen MR) is 96.3 cm³/mol. The zero-order valence-electron chi connectivity index (χ0n) is 14.2. The number of halogens is 1. The van der Waals surface area contributed by atoms with Gasteiger partial charge in [-0.2, -0.15) is 0 Å². The van der Waals surface area contributed by atoms with Crippen molar-refractivity contribution < 1.29 is 14.3 Å². The van der Waals surface area contributed by atoms with Crippen LogP contribution >= 0.6 is 11.6 Å². The van der Waals surface area contributed by atoms with E-state index in [1.807, 2.05) is 31.5 Å². The Kier molecular flexibility index (Phi) is 4.59. The van der Waals surface area contributed by atoms with Gasteiger partial charge in [-0.25, -0.2) is 9.78 Å². The van der Waals surface area contributed by atoms with Crippen molar-refractivity contribution in [3.63, 3.8) is 0 Å². The van der Waals surface area contributed by atoms with Gasteiger partial charge in [-0.05, 0) is 32.0 Å². The smallest absolute Gasteiger partial charge is 0.339 e. The summed E-state index contributed by atoms with van der Waals surface area (Å²) in [4.78, 5) is 29.0. The number of aryl methyl sites for hydroxylation is 1. The highest BCUT2D eigenvalue weighted by Crippen LogP contribution is 2.22. The molecule has 0 amide bonds. The average Bonchev–Trinajstić information content (AvgIpc) is 2.86. The van der Waals surface area contributed by atoms with E-state index < -0.39 is 5.97 Å². The number of nitrogens with zero attached hydrogens (tertiary/aromatic N) is 2. The Morgan fingerprint density at radius 3 is 2.56 bits per heavy atom. The Labute approximate surface area is 150 Å². The molecule has 0 radical (unpaired) electrons. The molecule has 25 heavy (non-hydrogen) atoms. The van der Waals surface area contributed by atoms with Crippen molar-refractivity contribution in [2.24, 2.45) is 7.05 Å². The van der Waals surface area contributed by atoms with E-state index in [2.05, 4.69) is 4.98 Å². The van der Waals surface area contributed by atoms with Gasteiger partial charge in [0.15, 0.2) is 6.61 Å². The van der Waals surface area contributed by atoms with E-state index in [4.69, 9.17) is 16.3 Å². The van der Waals surface area contributed by atoms with Crippen molar-refractivity contribution >= 4 is 34.3 Å². The molecule has 2 heterocycles. The van der Waals surface area contributed by atoms with Crippen LogP contribution in [0.25, 0.3) is 10.9 Å². The van der Waals surface area contributed by atoms with Crippen molar-refractivity contribution in [1.82, 2.24) is 9.55 Å². The molecule has 0 saturated carbocycles. The summed E-state index contributed by atoms with van der Waals surface area (Å²) in [5.74, 6) is -0.835. The third-order valence-corrected chi connectivity index (χ3v) is 4.51. The second kappa shape index (κ2) is 6.69. The molecule has 0 spiro atoms. The van der Waals surface area contributed by atoms with Crippen LogP contribution in [-0.2, 0) is 11.8 Å². The van der Waals surface area contributed by atoms with Crippen LogP contribution < -0.4 is 0 Å². The molecule has 128 valence electrons. The number of aromatic nitrogens is 2. The molecule has 0 aliphatic carbocycles. The molecule has 1 aromatic carbocycles. The molecule has 0 saturated heterocycles. The molecule has 0 fully saturated rings. The maximum absolute atomic E-state index is 12.4. The standard InChI is InChI=1S/C19H17ClN2O3/c1-11-8-14(12(2)22(11)3)17(23)10-25-19(24)15-9-18(20)21-16-7-5-4-6-13(15)16/h4-9H,10H2,1-3H3. The Morgan fingerprint density at radius 1 is 1.16 bits per heavy atom. The quantitative estimate of drug-likeness (QED) is 0.404. The third kappa shape index (κ3) is 3.28. The number of hydrogen-bond acceptors (Lipinski definition) is 4. The first-order chi connectivity index (χ1) is 11.9. The van der Waals surface area contributed by atoms with Crippen LogP contribution in [0.5, 0.6) is 0 Å². The molecule has 0 bridgehead atoms. The fraction of sp³-hybridized carbons (Fsp3) is 0.211. The zero-order chi connectivity index (χ0) is 18.1. The van der Waals surface area contributed by atoms with Gasteiger partial charge in [0.1, 0.15) is 5.15 Å². The summed E-state index contributed by atoms with van der Waals surface area (Å²) >= 11 is 5.98. The molecule has 0 N–H and O–H groups in total. The maximum atomic E-state index is 12.4. The number of Topliss-reactive ketones (excluding diaryl/α,β-unsaturated/α-hetero) is 1. The summed E-state index contributed by atoms with van der Waals surface area (Å²) in [5.41, 5.74) is 3.27. The lowest BCUT2D eigenvalue weighted by atomic mass is 10.1. The Bertz CT molecular complexity index is 992. The minimum atomic E-state index is -0.598. The first-order valence-corrected chi connectivity index (χ1v) is 8.15. The van der Waals surface area contributed by atoms with Crippen molar-refractivity contribution in [1.29, 1.82) is 0 Å². The van der Waals surface area contributed by atoms with Gasteiger partial charge in [-0.15, -0.1) is 0 Å². The highest BCUT2D eigenvalue weighted by atomic mass is 35.5. The highest BCUT2D eigenvalue weighted by molar-refractivity contribution is 6.30. The molecule has 0 unspecified atom stereocenters. The van der Waals surface area contributed by atoms with Crippen molar-refractivity contribution in [2.45, 2.75) is 13.8 Å². The van der Waals surface area contributed by atoms with Crippen LogP contribution in [0.3, 0.4) is 0 Å². The van der Waals surface area contributed by atoms with Gasteiger partial charge in [0, 0.05) is 29.4 Å². The number of rotatable bonds is 4. The summed E-state index contributed by atoms with van der Waals surface area (Å²) in [6.07, 6.45) is 0. The number of hydrogen-bond donors (Lipinski definition) is 0. The van der Waals surface area contributed by atoms with Crippen LogP contribution in [0.4, 0.5) is 0 Å². The van der Waals surface area contributed by atoms with Crippen molar-refractivity contribution in [2.75, 3.05) is 6.61 Å². The number of ether oxygens (including phenoxy) is 1. The van der Waals surface area contributed by atoms with Crippen LogP contribution in [0, 0.1) is 13.8 Å². The zero-order valence-corrected chi connectivity index (χ0v) is 14.9. The van der Waals surface area contributed by atoms with Gasteiger partial charge in [-0.3, -0.25) is 4.79 Å². The number of benzene rings is 1. The van der Waals surface area contributed by atoms with Gasteiger partial charge in [-0.1, -0.05) is 29.8 Å². The minimum absolute atomic E-state index is 0.200. The lowest BCUT2D eigenvalue weighted by Crippen LogP contribution is -2.15. The number of pyridine rings is 1. The van der Waals surface area contributed by atoms with E-state index in [-0.39, 0.29) is 17.5 Å². The Morgan fingerprint density at radius 2 is 1.88 bits per heavy atom. The molecular weight excluding hydrogens is 340 g/mol. The Balaban J connectivity index is 1.81. The Hall–Kier alpha value is -2.66. The fourth-order valence-electron chi connectivity index (χ4n) is 2.74. The molecule has 6 heteroatoms. The van der Waals surface area contributed by atoms with Gasteiger partial charge in [0.2, 0.25) is 5.78 Å². The number of para-hydroxylation sites is 1. The molecule has 0 aliphatic heterocycles. The van der Waals surface area contributed by atoms with Crippen molar-refractivity contribution in [3.8, 4) is 0 Å². The molecule has 5 nitrogen and oxygen atoms in total. The first kappa shape index (κ1) is 17.2. The van der Waals surface area contributed by atoms with Crippen LogP contribution in [0.1, 0.15) is 32.1 Å². The highest BCUT2D eigenvalue weighted by Gasteiger charge is 2.18. The van der Waals surface area contributed by atoms with Gasteiger partial charge < -0.3 is 9.30 Å². The SMILES string of the molecule is Cc1cc(C(=O)COC(=O)c2cc(Cl)nc3ccccc23)c(C)n1C. The fourth-order valence-corrected chi connectivity index (χ4v) is 2.94. The average molecular weight is 357 g/mol. The van der Waals surface area contributed by atoms with Crippen molar-refractivity contribution in [3.05, 3.63) is 64.1 Å². The summed E-state index contributed by atoms with van der Waals surface area (Å²) in [5, 5.41) is 0.836. The maximum Gasteiger partial charge on any atom is 0.339 e. The van der Waals surface area contributed by atoms with E-state index in [0.29, 0.717) is 22.0 Å². The number of esters is 1. The lowest BCUT2D eigenvalue weighted by molar-refractivity contribution is 0.0476. The summed E-state index contributed by atoms with van der Waals surface area (Å²) in [7, 11) is 1.89. The summed E-state index contributed by atoms with van der Waals surface area (Å²) in [6, 6.07) is 10.4. The molecule has 0 atom stereocenters. The second-order valence-corrected chi connectivity index (χ2v) is 6.24. The van der Waals surface area contributed by atoms with Crippen LogP contribution in [0.15, 0.2) is 36.4 Å². The number of fused-ring (bicyclic) bond motifs is 1. The van der Waals surface area contributed by atoms with E-state index in [1.165, 1.54) is 6.07 Å². The molecule has 3 aromatic rings. The number of ketones is 1. The van der Waals surface area contributed by atoms with Gasteiger partial charge in [0.05, 0.1) is 11.1 Å². The molecular formula is C19H17ClN2O3. The van der Waals surface area contributed by atoms with E-state index in [9.17, 15) is 9.59 Å². The molecule has 0 aliphatic rings. The largest absolute Gasteiger partial charge is 0.454 e. The minimum Gasteiger partial charge on any atom is -0.454 e. The summed E-state index contributed by atoms with van der Waals surface area (Å²) < 4.78 is 7.15. The van der Waals surface area contributed by atoms with Gasteiger partial charge >= 0.3 is 5.97 Å². The van der Waals surface area contributed by atoms with Crippen LogP contribution in [-0.4, -0.2) is 27.9 Å². The third-order valence-electron chi connectivity index (χ3n) is 4.31. The summed E-state index contributed by atoms with van der Waals surface area (Å²) in [6.45, 7) is 3.45. The van der Waals surface area contributed by atoms with Crippen LogP contribution in [0.2, 0.25) is 5.15 Å².